The van der Waals surface area contributed by atoms with Crippen molar-refractivity contribution >= 4 is 17.8 Å². The lowest BCUT2D eigenvalue weighted by Gasteiger charge is -2.12. The second-order valence-electron chi connectivity index (χ2n) is 3.65. The molecule has 0 fully saturated rings. The molecule has 98 valence electrons. The normalized spacial score (nSPS) is 11.1. The van der Waals surface area contributed by atoms with E-state index in [1.807, 2.05) is 6.07 Å². The molecule has 0 saturated carbocycles. The average molecular weight is 262 g/mol. The van der Waals surface area contributed by atoms with Crippen molar-refractivity contribution in [2.45, 2.75) is 12.5 Å². The number of carboxylic acid groups (broad SMARTS) is 2. The highest BCUT2D eigenvalue weighted by Gasteiger charge is 2.23. The summed E-state index contributed by atoms with van der Waals surface area (Å²) in [7, 11) is 0. The standard InChI is InChI=1S/C12H10N2O5/c13-6-7-2-1-3-8(4-7)11(17)14-9(12(18)19)5-10(15)16/h1-4,9H,5H2,(H,14,17)(H,15,16)(H,18,19). The Morgan fingerprint density at radius 2 is 2.00 bits per heavy atom. The van der Waals surface area contributed by atoms with Gasteiger partial charge in [0.05, 0.1) is 18.1 Å². The summed E-state index contributed by atoms with van der Waals surface area (Å²) < 4.78 is 0. The number of nitriles is 1. The zero-order valence-corrected chi connectivity index (χ0v) is 9.66. The molecule has 3 N–H and O–H groups in total. The van der Waals surface area contributed by atoms with Gasteiger partial charge in [-0.25, -0.2) is 4.79 Å². The van der Waals surface area contributed by atoms with E-state index in [2.05, 4.69) is 5.32 Å². The van der Waals surface area contributed by atoms with Crippen LogP contribution in [-0.4, -0.2) is 34.1 Å². The van der Waals surface area contributed by atoms with Crippen molar-refractivity contribution in [3.63, 3.8) is 0 Å². The topological polar surface area (TPSA) is 127 Å². The molecule has 1 aromatic rings. The van der Waals surface area contributed by atoms with E-state index < -0.39 is 30.3 Å². The molecule has 0 heterocycles. The molecule has 1 atom stereocenters. The number of benzene rings is 1. The van der Waals surface area contributed by atoms with Crippen LogP contribution in [0, 0.1) is 11.3 Å². The molecule has 0 bridgehead atoms. The number of hydrogen-bond acceptors (Lipinski definition) is 4. The van der Waals surface area contributed by atoms with E-state index in [0.717, 1.165) is 0 Å². The lowest BCUT2D eigenvalue weighted by atomic mass is 10.1. The first-order valence-electron chi connectivity index (χ1n) is 5.19. The van der Waals surface area contributed by atoms with Crippen molar-refractivity contribution in [2.75, 3.05) is 0 Å². The molecule has 0 saturated heterocycles. The molecule has 0 spiro atoms. The molecule has 1 rings (SSSR count). The maximum Gasteiger partial charge on any atom is 0.326 e. The van der Waals surface area contributed by atoms with E-state index >= 15 is 0 Å². The van der Waals surface area contributed by atoms with Crippen LogP contribution < -0.4 is 5.32 Å². The van der Waals surface area contributed by atoms with Gasteiger partial charge in [-0.2, -0.15) is 5.26 Å². The Labute approximate surface area is 108 Å². The maximum absolute atomic E-state index is 11.7. The summed E-state index contributed by atoms with van der Waals surface area (Å²) in [5.74, 6) is -3.52. The molecule has 19 heavy (non-hydrogen) atoms. The van der Waals surface area contributed by atoms with Gasteiger partial charge in [0.25, 0.3) is 5.91 Å². The summed E-state index contributed by atoms with van der Waals surface area (Å²) in [5, 5.41) is 28.1. The second-order valence-corrected chi connectivity index (χ2v) is 3.65. The fourth-order valence-corrected chi connectivity index (χ4v) is 1.35. The Hall–Kier alpha value is -2.88. The smallest absolute Gasteiger partial charge is 0.326 e. The second kappa shape index (κ2) is 6.16. The third kappa shape index (κ3) is 4.12. The van der Waals surface area contributed by atoms with Crippen LogP contribution in [0.3, 0.4) is 0 Å². The van der Waals surface area contributed by atoms with Crippen LogP contribution >= 0.6 is 0 Å². The minimum atomic E-state index is -1.52. The van der Waals surface area contributed by atoms with Crippen molar-refractivity contribution < 1.29 is 24.6 Å². The van der Waals surface area contributed by atoms with Crippen LogP contribution in [0.2, 0.25) is 0 Å². The van der Waals surface area contributed by atoms with Crippen molar-refractivity contribution in [1.82, 2.24) is 5.32 Å². The molecule has 7 heteroatoms. The van der Waals surface area contributed by atoms with Crippen LogP contribution in [0.4, 0.5) is 0 Å². The Balaban J connectivity index is 2.85. The van der Waals surface area contributed by atoms with Gasteiger partial charge in [0.2, 0.25) is 0 Å². The summed E-state index contributed by atoms with van der Waals surface area (Å²) in [6, 6.07) is 5.97. The Morgan fingerprint density at radius 1 is 1.32 bits per heavy atom. The van der Waals surface area contributed by atoms with E-state index in [0.29, 0.717) is 0 Å². The van der Waals surface area contributed by atoms with E-state index in [1.54, 1.807) is 0 Å². The summed E-state index contributed by atoms with van der Waals surface area (Å²) in [6.07, 6.45) is -0.723. The molecule has 1 unspecified atom stereocenters. The van der Waals surface area contributed by atoms with E-state index in [1.165, 1.54) is 24.3 Å². The number of rotatable bonds is 5. The monoisotopic (exact) mass is 262 g/mol. The first-order valence-corrected chi connectivity index (χ1v) is 5.19. The zero-order valence-electron chi connectivity index (χ0n) is 9.66. The summed E-state index contributed by atoms with van der Waals surface area (Å²) in [5.41, 5.74) is 0.341. The highest BCUT2D eigenvalue weighted by atomic mass is 16.4. The zero-order chi connectivity index (χ0) is 14.4. The highest BCUT2D eigenvalue weighted by Crippen LogP contribution is 2.05. The Morgan fingerprint density at radius 3 is 2.53 bits per heavy atom. The van der Waals surface area contributed by atoms with Crippen LogP contribution in [-0.2, 0) is 9.59 Å². The van der Waals surface area contributed by atoms with Gasteiger partial charge in [-0.15, -0.1) is 0 Å². The molecule has 1 aromatic carbocycles. The number of hydrogen-bond donors (Lipinski definition) is 3. The van der Waals surface area contributed by atoms with E-state index in [4.69, 9.17) is 15.5 Å². The first kappa shape index (κ1) is 14.2. The molecule has 0 aromatic heterocycles. The average Bonchev–Trinajstić information content (AvgIpc) is 2.37. The molecule has 1 amide bonds. The Bertz CT molecular complexity index is 561. The fourth-order valence-electron chi connectivity index (χ4n) is 1.35. The number of carbonyl (C=O) groups excluding carboxylic acids is 1. The summed E-state index contributed by atoms with van der Waals surface area (Å²) >= 11 is 0. The predicted octanol–water partition coefficient (Wildman–Crippen LogP) is 0.216. The van der Waals surface area contributed by atoms with Gasteiger partial charge in [0.15, 0.2) is 0 Å². The van der Waals surface area contributed by atoms with Crippen molar-refractivity contribution in [3.8, 4) is 6.07 Å². The van der Waals surface area contributed by atoms with E-state index in [-0.39, 0.29) is 11.1 Å². The number of carbonyl (C=O) groups is 3. The van der Waals surface area contributed by atoms with Gasteiger partial charge >= 0.3 is 11.9 Å². The number of nitrogens with one attached hydrogen (secondary N) is 1. The van der Waals surface area contributed by atoms with Crippen molar-refractivity contribution in [3.05, 3.63) is 35.4 Å². The van der Waals surface area contributed by atoms with Gasteiger partial charge in [-0.1, -0.05) is 6.07 Å². The number of carboxylic acids is 2. The van der Waals surface area contributed by atoms with Crippen LogP contribution in [0.1, 0.15) is 22.3 Å². The van der Waals surface area contributed by atoms with Gasteiger partial charge in [-0.05, 0) is 18.2 Å². The lowest BCUT2D eigenvalue weighted by Crippen LogP contribution is -2.42. The van der Waals surface area contributed by atoms with Crippen LogP contribution in [0.15, 0.2) is 24.3 Å². The predicted molar refractivity (Wildman–Crippen MR) is 62.3 cm³/mol. The number of amides is 1. The SMILES string of the molecule is N#Cc1cccc(C(=O)NC(CC(=O)O)C(=O)O)c1. The third-order valence-corrected chi connectivity index (χ3v) is 2.24. The number of nitrogens with zero attached hydrogens (tertiary/aromatic N) is 1. The highest BCUT2D eigenvalue weighted by molar-refractivity contribution is 5.97. The minimum absolute atomic E-state index is 0.0932. The molecule has 0 aliphatic carbocycles. The maximum atomic E-state index is 11.7. The van der Waals surface area contributed by atoms with Gasteiger partial charge in [0, 0.05) is 5.56 Å². The lowest BCUT2D eigenvalue weighted by molar-refractivity contribution is -0.145. The van der Waals surface area contributed by atoms with Crippen LogP contribution in [0.5, 0.6) is 0 Å². The molecule has 0 aliphatic rings. The minimum Gasteiger partial charge on any atom is -0.481 e. The van der Waals surface area contributed by atoms with Crippen molar-refractivity contribution in [1.29, 1.82) is 5.26 Å². The number of aliphatic carboxylic acids is 2. The Kier molecular flexibility index (Phi) is 4.60. The fraction of sp³-hybridized carbons (Fsp3) is 0.167. The third-order valence-electron chi connectivity index (χ3n) is 2.24. The van der Waals surface area contributed by atoms with Crippen LogP contribution in [0.25, 0.3) is 0 Å². The van der Waals surface area contributed by atoms with E-state index in [9.17, 15) is 14.4 Å². The molecular formula is C12H10N2O5. The largest absolute Gasteiger partial charge is 0.481 e. The quantitative estimate of drug-likeness (QED) is 0.696. The summed E-state index contributed by atoms with van der Waals surface area (Å²) in [6.45, 7) is 0. The first-order chi connectivity index (χ1) is 8.93. The van der Waals surface area contributed by atoms with Gasteiger partial charge in [0.1, 0.15) is 6.04 Å². The molecule has 0 radical (unpaired) electrons. The van der Waals surface area contributed by atoms with Gasteiger partial charge < -0.3 is 15.5 Å². The van der Waals surface area contributed by atoms with Gasteiger partial charge in [-0.3, -0.25) is 9.59 Å². The van der Waals surface area contributed by atoms with Crippen molar-refractivity contribution in [2.24, 2.45) is 0 Å². The molecule has 7 nitrogen and oxygen atoms in total. The summed E-state index contributed by atoms with van der Waals surface area (Å²) in [4.78, 5) is 33.0. The molecular weight excluding hydrogens is 252 g/mol. The molecule has 0 aliphatic heterocycles.